The quantitative estimate of drug-likeness (QED) is 0.852. The van der Waals surface area contributed by atoms with Gasteiger partial charge in [0, 0.05) is 6.42 Å². The Labute approximate surface area is 146 Å². The number of amides is 2. The molecule has 2 amide bonds. The molecule has 0 fully saturated rings. The second-order valence-electron chi connectivity index (χ2n) is 7.43. The van der Waals surface area contributed by atoms with E-state index in [1.54, 1.807) is 20.8 Å². The van der Waals surface area contributed by atoms with Gasteiger partial charge in [0.15, 0.2) is 0 Å². The summed E-state index contributed by atoms with van der Waals surface area (Å²) in [7, 11) is 0. The fraction of sp³-hybridized carbons (Fsp3) is 0.500. The zero-order valence-electron chi connectivity index (χ0n) is 14.5. The Morgan fingerprint density at radius 1 is 1.28 bits per heavy atom. The van der Waals surface area contributed by atoms with Gasteiger partial charge in [0.25, 0.3) is 5.91 Å². The molecule has 0 saturated carbocycles. The van der Waals surface area contributed by atoms with Crippen LogP contribution in [-0.4, -0.2) is 40.8 Å². The Bertz CT molecular complexity index is 737. The third kappa shape index (κ3) is 3.31. The standard InChI is InChI=1S/C18H22N2O5/c1-18(2,3)25-17(24)19-12-8-7-10-5-4-6-11-9-13(16(22)23)20(14(10)11)15(12)21/h4-6,12-13H,7-9H2,1-3H3,(H,19,24)(H,22,23). The number of alkyl carbamates (subject to hydrolysis) is 1. The molecule has 134 valence electrons. The number of para-hydroxylation sites is 1. The van der Waals surface area contributed by atoms with Gasteiger partial charge in [-0.05, 0) is 44.7 Å². The lowest BCUT2D eigenvalue weighted by atomic mass is 10.0. The molecule has 7 nitrogen and oxygen atoms in total. The van der Waals surface area contributed by atoms with Gasteiger partial charge in [0.2, 0.25) is 0 Å². The molecule has 0 aromatic heterocycles. The van der Waals surface area contributed by atoms with Crippen LogP contribution in [0, 0.1) is 0 Å². The van der Waals surface area contributed by atoms with Crippen LogP contribution in [0.5, 0.6) is 0 Å². The van der Waals surface area contributed by atoms with Crippen molar-refractivity contribution >= 4 is 23.7 Å². The average molecular weight is 346 g/mol. The molecule has 2 unspecified atom stereocenters. The molecule has 0 bridgehead atoms. The molecule has 25 heavy (non-hydrogen) atoms. The number of hydrogen-bond donors (Lipinski definition) is 2. The SMILES string of the molecule is CC(C)(C)OC(=O)NC1CCc2cccc3c2N(C1=O)C(C(=O)O)C3. The number of carbonyl (C=O) groups is 3. The predicted molar refractivity (Wildman–Crippen MR) is 90.5 cm³/mol. The highest BCUT2D eigenvalue weighted by molar-refractivity contribution is 6.06. The van der Waals surface area contributed by atoms with E-state index < -0.39 is 35.7 Å². The second kappa shape index (κ2) is 6.06. The Morgan fingerprint density at radius 3 is 2.60 bits per heavy atom. The molecule has 2 N–H and O–H groups in total. The maximum Gasteiger partial charge on any atom is 0.408 e. The van der Waals surface area contributed by atoms with Gasteiger partial charge in [-0.15, -0.1) is 0 Å². The first-order valence-electron chi connectivity index (χ1n) is 8.33. The maximum absolute atomic E-state index is 13.0. The van der Waals surface area contributed by atoms with E-state index in [9.17, 15) is 19.5 Å². The summed E-state index contributed by atoms with van der Waals surface area (Å²) in [6.45, 7) is 5.22. The summed E-state index contributed by atoms with van der Waals surface area (Å²) in [5.41, 5.74) is 1.80. The van der Waals surface area contributed by atoms with Crippen molar-refractivity contribution in [2.24, 2.45) is 0 Å². The van der Waals surface area contributed by atoms with Crippen molar-refractivity contribution in [3.05, 3.63) is 29.3 Å². The van der Waals surface area contributed by atoms with Crippen LogP contribution in [0.4, 0.5) is 10.5 Å². The Hall–Kier alpha value is -2.57. The van der Waals surface area contributed by atoms with E-state index in [1.807, 2.05) is 18.2 Å². The summed E-state index contributed by atoms with van der Waals surface area (Å²) in [5, 5.41) is 12.1. The number of carbonyl (C=O) groups excluding carboxylic acids is 2. The fourth-order valence-corrected chi connectivity index (χ4v) is 3.41. The number of carboxylic acids is 1. The number of nitrogens with one attached hydrogen (secondary N) is 1. The van der Waals surface area contributed by atoms with Crippen LogP contribution in [0.1, 0.15) is 38.3 Å². The number of ether oxygens (including phenoxy) is 1. The molecule has 2 atom stereocenters. The molecule has 1 aromatic rings. The zero-order chi connectivity index (χ0) is 18.4. The number of rotatable bonds is 2. The van der Waals surface area contributed by atoms with E-state index in [1.165, 1.54) is 4.90 Å². The van der Waals surface area contributed by atoms with E-state index in [-0.39, 0.29) is 6.42 Å². The summed E-state index contributed by atoms with van der Waals surface area (Å²) in [5.74, 6) is -1.45. The van der Waals surface area contributed by atoms with Gasteiger partial charge in [0.1, 0.15) is 17.7 Å². The maximum atomic E-state index is 13.0. The molecule has 2 heterocycles. The molecule has 3 rings (SSSR count). The number of carboxylic acid groups (broad SMARTS) is 1. The summed E-state index contributed by atoms with van der Waals surface area (Å²) >= 11 is 0. The van der Waals surface area contributed by atoms with Crippen molar-refractivity contribution in [1.82, 2.24) is 5.32 Å². The molecular weight excluding hydrogens is 324 g/mol. The number of anilines is 1. The van der Waals surface area contributed by atoms with Crippen molar-refractivity contribution in [2.75, 3.05) is 4.90 Å². The van der Waals surface area contributed by atoms with Crippen LogP contribution in [0.15, 0.2) is 18.2 Å². The summed E-state index contributed by atoms with van der Waals surface area (Å²) in [6, 6.07) is 3.88. The Morgan fingerprint density at radius 2 is 1.96 bits per heavy atom. The van der Waals surface area contributed by atoms with Crippen molar-refractivity contribution in [1.29, 1.82) is 0 Å². The average Bonchev–Trinajstić information content (AvgIpc) is 2.83. The number of aliphatic carboxylic acids is 1. The summed E-state index contributed by atoms with van der Waals surface area (Å²) in [4.78, 5) is 38.0. The predicted octanol–water partition coefficient (Wildman–Crippen LogP) is 1.87. The highest BCUT2D eigenvalue weighted by Gasteiger charge is 2.44. The monoisotopic (exact) mass is 346 g/mol. The van der Waals surface area contributed by atoms with Gasteiger partial charge >= 0.3 is 12.1 Å². The van der Waals surface area contributed by atoms with Crippen LogP contribution in [0.2, 0.25) is 0 Å². The van der Waals surface area contributed by atoms with E-state index in [0.29, 0.717) is 18.5 Å². The Balaban J connectivity index is 1.89. The van der Waals surface area contributed by atoms with Gasteiger partial charge in [0.05, 0.1) is 5.69 Å². The van der Waals surface area contributed by atoms with Crippen molar-refractivity contribution in [3.8, 4) is 0 Å². The van der Waals surface area contributed by atoms with E-state index in [0.717, 1.165) is 11.1 Å². The zero-order valence-corrected chi connectivity index (χ0v) is 14.5. The topological polar surface area (TPSA) is 95.9 Å². The number of benzene rings is 1. The molecular formula is C18H22N2O5. The molecule has 2 aliphatic rings. The Kier molecular flexibility index (Phi) is 4.18. The van der Waals surface area contributed by atoms with Crippen molar-refractivity contribution in [3.63, 3.8) is 0 Å². The normalized spacial score (nSPS) is 22.2. The highest BCUT2D eigenvalue weighted by Crippen LogP contribution is 2.39. The molecule has 0 saturated heterocycles. The largest absolute Gasteiger partial charge is 0.480 e. The first-order valence-corrected chi connectivity index (χ1v) is 8.33. The van der Waals surface area contributed by atoms with E-state index in [4.69, 9.17) is 4.74 Å². The minimum Gasteiger partial charge on any atom is -0.480 e. The first kappa shape index (κ1) is 17.3. The minimum atomic E-state index is -1.05. The van der Waals surface area contributed by atoms with Crippen molar-refractivity contribution in [2.45, 2.75) is 57.7 Å². The van der Waals surface area contributed by atoms with Crippen LogP contribution in [0.3, 0.4) is 0 Å². The molecule has 0 aliphatic carbocycles. The van der Waals surface area contributed by atoms with Crippen LogP contribution in [0.25, 0.3) is 0 Å². The van der Waals surface area contributed by atoms with Gasteiger partial charge < -0.3 is 15.2 Å². The van der Waals surface area contributed by atoms with Crippen LogP contribution in [-0.2, 0) is 27.2 Å². The van der Waals surface area contributed by atoms with Crippen LogP contribution >= 0.6 is 0 Å². The molecule has 1 aromatic carbocycles. The third-order valence-corrected chi connectivity index (χ3v) is 4.38. The van der Waals surface area contributed by atoms with Gasteiger partial charge in [-0.3, -0.25) is 9.69 Å². The molecule has 0 radical (unpaired) electrons. The van der Waals surface area contributed by atoms with Gasteiger partial charge in [-0.2, -0.15) is 0 Å². The number of nitrogens with zero attached hydrogens (tertiary/aromatic N) is 1. The molecule has 0 spiro atoms. The summed E-state index contributed by atoms with van der Waals surface area (Å²) in [6.07, 6.45) is 0.585. The van der Waals surface area contributed by atoms with Crippen molar-refractivity contribution < 1.29 is 24.2 Å². The summed E-state index contributed by atoms with van der Waals surface area (Å²) < 4.78 is 5.23. The van der Waals surface area contributed by atoms with E-state index >= 15 is 0 Å². The molecule has 2 aliphatic heterocycles. The minimum absolute atomic E-state index is 0.281. The van der Waals surface area contributed by atoms with E-state index in [2.05, 4.69) is 5.32 Å². The van der Waals surface area contributed by atoms with Gasteiger partial charge in [-0.1, -0.05) is 18.2 Å². The number of hydrogen-bond acceptors (Lipinski definition) is 4. The second-order valence-corrected chi connectivity index (χ2v) is 7.43. The lowest BCUT2D eigenvalue weighted by Crippen LogP contribution is -2.53. The first-order chi connectivity index (χ1) is 11.7. The highest BCUT2D eigenvalue weighted by atomic mass is 16.6. The fourth-order valence-electron chi connectivity index (χ4n) is 3.41. The number of aryl methyl sites for hydroxylation is 1. The lowest BCUT2D eigenvalue weighted by molar-refractivity contribution is -0.140. The van der Waals surface area contributed by atoms with Gasteiger partial charge in [-0.25, -0.2) is 9.59 Å². The third-order valence-electron chi connectivity index (χ3n) is 4.38. The smallest absolute Gasteiger partial charge is 0.408 e. The molecule has 7 heteroatoms. The van der Waals surface area contributed by atoms with Crippen LogP contribution < -0.4 is 10.2 Å². The lowest BCUT2D eigenvalue weighted by Gasteiger charge is -2.27.